The highest BCUT2D eigenvalue weighted by atomic mass is 79.9. The summed E-state index contributed by atoms with van der Waals surface area (Å²) in [5.41, 5.74) is 3.27. The molecule has 0 radical (unpaired) electrons. The second-order valence-corrected chi connectivity index (χ2v) is 5.02. The van der Waals surface area contributed by atoms with Gasteiger partial charge >= 0.3 is 0 Å². The number of carbonyl (C=O) groups is 1. The number of aryl methyl sites for hydroxylation is 2. The van der Waals surface area contributed by atoms with Crippen LogP contribution in [0.25, 0.3) is 0 Å². The molecule has 0 saturated heterocycles. The molecule has 1 N–H and O–H groups in total. The number of nitrogens with zero attached hydrogens (tertiary/aromatic N) is 1. The van der Waals surface area contributed by atoms with E-state index in [9.17, 15) is 4.79 Å². The van der Waals surface area contributed by atoms with E-state index in [1.54, 1.807) is 12.3 Å². The van der Waals surface area contributed by atoms with Crippen molar-refractivity contribution >= 4 is 27.5 Å². The molecule has 18 heavy (non-hydrogen) atoms. The van der Waals surface area contributed by atoms with Crippen LogP contribution in [0.5, 0.6) is 0 Å². The predicted molar refractivity (Wildman–Crippen MR) is 75.8 cm³/mol. The summed E-state index contributed by atoms with van der Waals surface area (Å²) in [6, 6.07) is 9.37. The number of halogens is 1. The molecule has 0 atom stereocenters. The SMILES string of the molecule is Cc1ccc(C(=O)Nc2cc(Br)ccc2C)cn1. The zero-order valence-electron chi connectivity index (χ0n) is 10.2. The summed E-state index contributed by atoms with van der Waals surface area (Å²) in [6.45, 7) is 3.84. The van der Waals surface area contributed by atoms with E-state index in [0.717, 1.165) is 21.4 Å². The number of rotatable bonds is 2. The molecule has 0 bridgehead atoms. The van der Waals surface area contributed by atoms with Gasteiger partial charge in [0.25, 0.3) is 5.91 Å². The maximum Gasteiger partial charge on any atom is 0.257 e. The summed E-state index contributed by atoms with van der Waals surface area (Å²) in [6.07, 6.45) is 1.58. The summed E-state index contributed by atoms with van der Waals surface area (Å²) in [5.74, 6) is -0.149. The number of amides is 1. The second-order valence-electron chi connectivity index (χ2n) is 4.10. The molecular formula is C14H13BrN2O. The highest BCUT2D eigenvalue weighted by Gasteiger charge is 2.08. The van der Waals surface area contributed by atoms with Gasteiger partial charge in [-0.15, -0.1) is 0 Å². The largest absolute Gasteiger partial charge is 0.322 e. The average molecular weight is 305 g/mol. The fourth-order valence-corrected chi connectivity index (χ4v) is 1.89. The zero-order valence-corrected chi connectivity index (χ0v) is 11.8. The fourth-order valence-electron chi connectivity index (χ4n) is 1.53. The number of benzene rings is 1. The number of hydrogen-bond acceptors (Lipinski definition) is 2. The molecule has 1 aromatic carbocycles. The Balaban J connectivity index is 2.21. The number of anilines is 1. The molecule has 4 heteroatoms. The monoisotopic (exact) mass is 304 g/mol. The number of hydrogen-bond donors (Lipinski definition) is 1. The van der Waals surface area contributed by atoms with Crippen molar-refractivity contribution < 1.29 is 4.79 Å². The first kappa shape index (κ1) is 12.8. The maximum atomic E-state index is 12.0. The van der Waals surface area contributed by atoms with Gasteiger partial charge in [-0.1, -0.05) is 22.0 Å². The van der Waals surface area contributed by atoms with Crippen molar-refractivity contribution in [1.29, 1.82) is 0 Å². The van der Waals surface area contributed by atoms with Crippen LogP contribution in [0.1, 0.15) is 21.6 Å². The quantitative estimate of drug-likeness (QED) is 0.919. The third-order valence-electron chi connectivity index (χ3n) is 2.62. The normalized spacial score (nSPS) is 10.2. The van der Waals surface area contributed by atoms with Gasteiger partial charge < -0.3 is 5.32 Å². The molecule has 0 aliphatic rings. The van der Waals surface area contributed by atoms with Gasteiger partial charge in [0, 0.05) is 22.1 Å². The Morgan fingerprint density at radius 2 is 2.00 bits per heavy atom. The van der Waals surface area contributed by atoms with Gasteiger partial charge in [0.2, 0.25) is 0 Å². The van der Waals surface area contributed by atoms with Crippen LogP contribution in [-0.4, -0.2) is 10.9 Å². The molecule has 0 unspecified atom stereocenters. The summed E-state index contributed by atoms with van der Waals surface area (Å²) in [5, 5.41) is 2.88. The highest BCUT2D eigenvalue weighted by molar-refractivity contribution is 9.10. The standard InChI is InChI=1S/C14H13BrN2O/c1-9-3-6-12(15)7-13(9)17-14(18)11-5-4-10(2)16-8-11/h3-8H,1-2H3,(H,17,18). The van der Waals surface area contributed by atoms with E-state index in [2.05, 4.69) is 26.2 Å². The number of pyridine rings is 1. The second kappa shape index (κ2) is 5.31. The van der Waals surface area contributed by atoms with Gasteiger partial charge in [0.1, 0.15) is 0 Å². The van der Waals surface area contributed by atoms with Crippen LogP contribution >= 0.6 is 15.9 Å². The first-order chi connectivity index (χ1) is 8.56. The fraction of sp³-hybridized carbons (Fsp3) is 0.143. The van der Waals surface area contributed by atoms with E-state index < -0.39 is 0 Å². The van der Waals surface area contributed by atoms with Crippen LogP contribution < -0.4 is 5.32 Å². The Hall–Kier alpha value is -1.68. The molecule has 1 amide bonds. The minimum atomic E-state index is -0.149. The van der Waals surface area contributed by atoms with Gasteiger partial charge in [0.05, 0.1) is 5.56 Å². The first-order valence-electron chi connectivity index (χ1n) is 5.56. The van der Waals surface area contributed by atoms with Crippen molar-refractivity contribution in [2.75, 3.05) is 5.32 Å². The molecule has 1 heterocycles. The molecule has 3 nitrogen and oxygen atoms in total. The molecule has 2 aromatic rings. The Morgan fingerprint density at radius 1 is 1.22 bits per heavy atom. The third kappa shape index (κ3) is 2.96. The topological polar surface area (TPSA) is 42.0 Å². The van der Waals surface area contributed by atoms with E-state index in [0.29, 0.717) is 5.56 Å². The Morgan fingerprint density at radius 3 is 2.67 bits per heavy atom. The van der Waals surface area contributed by atoms with Crippen LogP contribution in [0.4, 0.5) is 5.69 Å². The Labute approximate surface area is 114 Å². The maximum absolute atomic E-state index is 12.0. The number of carbonyl (C=O) groups excluding carboxylic acids is 1. The van der Waals surface area contributed by atoms with Crippen LogP contribution in [0.3, 0.4) is 0 Å². The summed E-state index contributed by atoms with van der Waals surface area (Å²) in [4.78, 5) is 16.1. The van der Waals surface area contributed by atoms with Gasteiger partial charge in [-0.25, -0.2) is 0 Å². The van der Waals surface area contributed by atoms with Crippen LogP contribution in [0.15, 0.2) is 41.0 Å². The van der Waals surface area contributed by atoms with E-state index in [4.69, 9.17) is 0 Å². The molecule has 92 valence electrons. The van der Waals surface area contributed by atoms with Gasteiger partial charge in [0.15, 0.2) is 0 Å². The Kier molecular flexibility index (Phi) is 3.77. The average Bonchev–Trinajstić information content (AvgIpc) is 2.34. The molecule has 0 aliphatic heterocycles. The lowest BCUT2D eigenvalue weighted by Crippen LogP contribution is -2.13. The smallest absolute Gasteiger partial charge is 0.257 e. The minimum Gasteiger partial charge on any atom is -0.322 e. The summed E-state index contributed by atoms with van der Waals surface area (Å²) in [7, 11) is 0. The molecule has 0 spiro atoms. The van der Waals surface area contributed by atoms with Gasteiger partial charge in [-0.3, -0.25) is 9.78 Å². The zero-order chi connectivity index (χ0) is 13.1. The lowest BCUT2D eigenvalue weighted by molar-refractivity contribution is 0.102. The number of aromatic nitrogens is 1. The van der Waals surface area contributed by atoms with Gasteiger partial charge in [-0.2, -0.15) is 0 Å². The van der Waals surface area contributed by atoms with E-state index in [1.807, 2.05) is 38.1 Å². The van der Waals surface area contributed by atoms with Crippen molar-refractivity contribution in [3.05, 3.63) is 57.8 Å². The van der Waals surface area contributed by atoms with Crippen molar-refractivity contribution in [3.8, 4) is 0 Å². The minimum absolute atomic E-state index is 0.149. The van der Waals surface area contributed by atoms with Crippen molar-refractivity contribution in [3.63, 3.8) is 0 Å². The summed E-state index contributed by atoms with van der Waals surface area (Å²) >= 11 is 3.39. The molecule has 1 aromatic heterocycles. The lowest BCUT2D eigenvalue weighted by atomic mass is 10.2. The van der Waals surface area contributed by atoms with E-state index in [-0.39, 0.29) is 5.91 Å². The molecule has 0 saturated carbocycles. The molecule has 0 aliphatic carbocycles. The van der Waals surface area contributed by atoms with E-state index in [1.165, 1.54) is 0 Å². The molecular weight excluding hydrogens is 292 g/mol. The van der Waals surface area contributed by atoms with Crippen LogP contribution in [-0.2, 0) is 0 Å². The van der Waals surface area contributed by atoms with Crippen molar-refractivity contribution in [1.82, 2.24) is 4.98 Å². The van der Waals surface area contributed by atoms with Crippen LogP contribution in [0, 0.1) is 13.8 Å². The van der Waals surface area contributed by atoms with Crippen LogP contribution in [0.2, 0.25) is 0 Å². The highest BCUT2D eigenvalue weighted by Crippen LogP contribution is 2.21. The Bertz CT molecular complexity index is 579. The first-order valence-corrected chi connectivity index (χ1v) is 6.36. The van der Waals surface area contributed by atoms with Gasteiger partial charge in [-0.05, 0) is 43.7 Å². The van der Waals surface area contributed by atoms with E-state index >= 15 is 0 Å². The molecule has 2 rings (SSSR count). The molecule has 0 fully saturated rings. The van der Waals surface area contributed by atoms with Crippen molar-refractivity contribution in [2.45, 2.75) is 13.8 Å². The summed E-state index contributed by atoms with van der Waals surface area (Å²) < 4.78 is 0.936. The third-order valence-corrected chi connectivity index (χ3v) is 3.11. The predicted octanol–water partition coefficient (Wildman–Crippen LogP) is 3.71. The number of nitrogens with one attached hydrogen (secondary N) is 1. The lowest BCUT2D eigenvalue weighted by Gasteiger charge is -2.08. The van der Waals surface area contributed by atoms with Crippen molar-refractivity contribution in [2.24, 2.45) is 0 Å².